The summed E-state index contributed by atoms with van der Waals surface area (Å²) in [6.07, 6.45) is 0.792. The normalized spacial score (nSPS) is 14.1. The molecule has 2 unspecified atom stereocenters. The molecule has 2 atom stereocenters. The monoisotopic (exact) mass is 330 g/mol. The van der Waals surface area contributed by atoms with Crippen LogP contribution in [0.3, 0.4) is 0 Å². The fraction of sp³-hybridized carbons (Fsp3) is 0.562. The molecule has 1 aromatic carbocycles. The zero-order valence-electron chi connectivity index (χ0n) is 13.1. The maximum atomic E-state index is 12.6. The van der Waals surface area contributed by atoms with Crippen LogP contribution in [-0.2, 0) is 4.79 Å². The van der Waals surface area contributed by atoms with E-state index in [1.165, 1.54) is 0 Å². The number of nitrogens with zero attached hydrogens (tertiary/aromatic N) is 1. The highest BCUT2D eigenvalue weighted by molar-refractivity contribution is 6.35. The molecule has 0 saturated carbocycles. The van der Waals surface area contributed by atoms with Gasteiger partial charge in [0.15, 0.2) is 0 Å². The predicted octanol–water partition coefficient (Wildman–Crippen LogP) is 4.13. The van der Waals surface area contributed by atoms with E-state index < -0.39 is 0 Å². The van der Waals surface area contributed by atoms with Crippen molar-refractivity contribution in [1.82, 2.24) is 4.90 Å². The molecule has 2 N–H and O–H groups in total. The lowest BCUT2D eigenvalue weighted by Gasteiger charge is -2.30. The summed E-state index contributed by atoms with van der Waals surface area (Å²) in [5.41, 5.74) is 6.64. The minimum atomic E-state index is -0.150. The van der Waals surface area contributed by atoms with Gasteiger partial charge < -0.3 is 10.6 Å². The lowest BCUT2D eigenvalue weighted by atomic mass is 9.95. The topological polar surface area (TPSA) is 46.3 Å². The highest BCUT2D eigenvalue weighted by Crippen LogP contribution is 2.30. The molecule has 0 aliphatic rings. The van der Waals surface area contributed by atoms with E-state index in [1.807, 2.05) is 13.0 Å². The minimum Gasteiger partial charge on any atom is -0.339 e. The van der Waals surface area contributed by atoms with Crippen LogP contribution < -0.4 is 5.73 Å². The van der Waals surface area contributed by atoms with Crippen molar-refractivity contribution in [2.45, 2.75) is 33.2 Å². The number of halogens is 2. The Morgan fingerprint density at radius 2 is 1.90 bits per heavy atom. The smallest absolute Gasteiger partial charge is 0.227 e. The van der Waals surface area contributed by atoms with Crippen LogP contribution in [-0.4, -0.2) is 24.4 Å². The van der Waals surface area contributed by atoms with Crippen molar-refractivity contribution in [2.75, 3.05) is 13.6 Å². The molecule has 0 bridgehead atoms. The summed E-state index contributed by atoms with van der Waals surface area (Å²) in [6.45, 7) is 6.50. The lowest BCUT2D eigenvalue weighted by molar-refractivity contribution is -0.136. The molecule has 0 spiro atoms. The van der Waals surface area contributed by atoms with Gasteiger partial charge in [-0.05, 0) is 37.0 Å². The average molecular weight is 331 g/mol. The largest absolute Gasteiger partial charge is 0.339 e. The zero-order chi connectivity index (χ0) is 16.2. The Labute approximate surface area is 137 Å². The summed E-state index contributed by atoms with van der Waals surface area (Å²) in [4.78, 5) is 14.3. The van der Waals surface area contributed by atoms with Crippen LogP contribution in [0.1, 0.15) is 38.8 Å². The Kier molecular flexibility index (Phi) is 6.98. The van der Waals surface area contributed by atoms with Gasteiger partial charge in [0.25, 0.3) is 0 Å². The van der Waals surface area contributed by atoms with Crippen molar-refractivity contribution >= 4 is 29.1 Å². The third-order valence-electron chi connectivity index (χ3n) is 3.73. The number of nitrogens with two attached hydrogens (primary N) is 1. The second-order valence-electron chi connectivity index (χ2n) is 5.85. The molecule has 0 aliphatic heterocycles. The SMILES string of the molecule is CC(C)CC(CN)C(=O)N(C)C(C)c1ccc(Cl)cc1Cl. The van der Waals surface area contributed by atoms with Crippen LogP contribution in [0.5, 0.6) is 0 Å². The van der Waals surface area contributed by atoms with Crippen LogP contribution in [0, 0.1) is 11.8 Å². The second kappa shape index (κ2) is 8.02. The van der Waals surface area contributed by atoms with E-state index in [0.717, 1.165) is 12.0 Å². The lowest BCUT2D eigenvalue weighted by Crippen LogP contribution is -2.38. The first-order valence-corrected chi connectivity index (χ1v) is 7.95. The minimum absolute atomic E-state index is 0.0599. The van der Waals surface area contributed by atoms with Gasteiger partial charge >= 0.3 is 0 Å². The second-order valence-corrected chi connectivity index (χ2v) is 6.70. The average Bonchev–Trinajstić information content (AvgIpc) is 2.42. The first kappa shape index (κ1) is 18.3. The third kappa shape index (κ3) is 4.87. The molecule has 118 valence electrons. The van der Waals surface area contributed by atoms with Gasteiger partial charge in [0, 0.05) is 23.6 Å². The molecule has 0 aromatic heterocycles. The maximum absolute atomic E-state index is 12.6. The molecule has 0 radical (unpaired) electrons. The molecule has 0 fully saturated rings. The number of hydrogen-bond donors (Lipinski definition) is 1. The Bertz CT molecular complexity index is 491. The highest BCUT2D eigenvalue weighted by atomic mass is 35.5. The molecular weight excluding hydrogens is 307 g/mol. The van der Waals surface area contributed by atoms with Gasteiger partial charge in [0.2, 0.25) is 5.91 Å². The van der Waals surface area contributed by atoms with E-state index in [-0.39, 0.29) is 17.9 Å². The summed E-state index contributed by atoms with van der Waals surface area (Å²) in [5.74, 6) is 0.346. The number of hydrogen-bond acceptors (Lipinski definition) is 2. The Hall–Kier alpha value is -0.770. The number of carbonyl (C=O) groups is 1. The van der Waals surface area contributed by atoms with Crippen LogP contribution in [0.4, 0.5) is 0 Å². The third-order valence-corrected chi connectivity index (χ3v) is 4.29. The molecule has 3 nitrogen and oxygen atoms in total. The number of benzene rings is 1. The van der Waals surface area contributed by atoms with Crippen molar-refractivity contribution in [2.24, 2.45) is 17.6 Å². The van der Waals surface area contributed by atoms with Crippen molar-refractivity contribution in [3.8, 4) is 0 Å². The first-order valence-electron chi connectivity index (χ1n) is 7.19. The van der Waals surface area contributed by atoms with Crippen LogP contribution in [0.25, 0.3) is 0 Å². The molecule has 0 saturated heterocycles. The molecule has 5 heteroatoms. The van der Waals surface area contributed by atoms with E-state index in [4.69, 9.17) is 28.9 Å². The Morgan fingerprint density at radius 3 is 2.38 bits per heavy atom. The quantitative estimate of drug-likeness (QED) is 0.852. The molecular formula is C16H24Cl2N2O. The number of rotatable bonds is 6. The number of carbonyl (C=O) groups excluding carboxylic acids is 1. The standard InChI is InChI=1S/C16H24Cl2N2O/c1-10(2)7-12(9-19)16(21)20(4)11(3)14-6-5-13(17)8-15(14)18/h5-6,8,10-12H,7,9,19H2,1-4H3. The predicted molar refractivity (Wildman–Crippen MR) is 89.6 cm³/mol. The van der Waals surface area contributed by atoms with Crippen LogP contribution >= 0.6 is 23.2 Å². The fourth-order valence-electron chi connectivity index (χ4n) is 2.39. The molecule has 1 aromatic rings. The van der Waals surface area contributed by atoms with E-state index in [1.54, 1.807) is 24.1 Å². The van der Waals surface area contributed by atoms with Gasteiger partial charge in [-0.1, -0.05) is 43.1 Å². The summed E-state index contributed by atoms with van der Waals surface area (Å²) < 4.78 is 0. The first-order chi connectivity index (χ1) is 9.77. The molecule has 1 rings (SSSR count). The van der Waals surface area contributed by atoms with E-state index in [2.05, 4.69) is 13.8 Å². The summed E-state index contributed by atoms with van der Waals surface area (Å²) in [6, 6.07) is 5.22. The summed E-state index contributed by atoms with van der Waals surface area (Å²) in [7, 11) is 1.79. The van der Waals surface area contributed by atoms with Crippen molar-refractivity contribution in [3.05, 3.63) is 33.8 Å². The van der Waals surface area contributed by atoms with Gasteiger partial charge in [-0.25, -0.2) is 0 Å². The fourth-order valence-corrected chi connectivity index (χ4v) is 2.96. The molecule has 0 heterocycles. The van der Waals surface area contributed by atoms with Crippen molar-refractivity contribution < 1.29 is 4.79 Å². The van der Waals surface area contributed by atoms with E-state index >= 15 is 0 Å². The van der Waals surface area contributed by atoms with E-state index in [9.17, 15) is 4.79 Å². The van der Waals surface area contributed by atoms with Gasteiger partial charge in [-0.2, -0.15) is 0 Å². The molecule has 0 aliphatic carbocycles. The van der Waals surface area contributed by atoms with Gasteiger partial charge in [-0.15, -0.1) is 0 Å². The van der Waals surface area contributed by atoms with E-state index in [0.29, 0.717) is 22.5 Å². The van der Waals surface area contributed by atoms with Crippen molar-refractivity contribution in [3.63, 3.8) is 0 Å². The van der Waals surface area contributed by atoms with Gasteiger partial charge in [0.05, 0.1) is 12.0 Å². The van der Waals surface area contributed by atoms with Gasteiger partial charge in [0.1, 0.15) is 0 Å². The Morgan fingerprint density at radius 1 is 1.29 bits per heavy atom. The Balaban J connectivity index is 2.90. The maximum Gasteiger partial charge on any atom is 0.227 e. The van der Waals surface area contributed by atoms with Crippen LogP contribution in [0.2, 0.25) is 10.0 Å². The summed E-state index contributed by atoms with van der Waals surface area (Å²) in [5, 5.41) is 1.16. The molecule has 21 heavy (non-hydrogen) atoms. The summed E-state index contributed by atoms with van der Waals surface area (Å²) >= 11 is 12.1. The zero-order valence-corrected chi connectivity index (χ0v) is 14.6. The number of amides is 1. The highest BCUT2D eigenvalue weighted by Gasteiger charge is 2.26. The van der Waals surface area contributed by atoms with Crippen LogP contribution in [0.15, 0.2) is 18.2 Å². The van der Waals surface area contributed by atoms with Gasteiger partial charge in [-0.3, -0.25) is 4.79 Å². The van der Waals surface area contributed by atoms with Crippen molar-refractivity contribution in [1.29, 1.82) is 0 Å². The molecule has 1 amide bonds.